The molecule has 1 aromatic heterocycles. The third kappa shape index (κ3) is 4.15. The van der Waals surface area contributed by atoms with Crippen LogP contribution in [0.25, 0.3) is 0 Å². The van der Waals surface area contributed by atoms with Gasteiger partial charge in [0.25, 0.3) is 0 Å². The average molecular weight is 333 g/mol. The van der Waals surface area contributed by atoms with Gasteiger partial charge in [-0.25, -0.2) is 4.98 Å². The summed E-state index contributed by atoms with van der Waals surface area (Å²) in [5.74, 6) is 1.56. The van der Waals surface area contributed by atoms with Gasteiger partial charge < -0.3 is 14.8 Å². The van der Waals surface area contributed by atoms with Crippen molar-refractivity contribution in [2.75, 3.05) is 19.0 Å². The van der Waals surface area contributed by atoms with Crippen molar-refractivity contribution in [1.82, 2.24) is 4.98 Å². The van der Waals surface area contributed by atoms with E-state index >= 15 is 0 Å². The number of aromatic nitrogens is 1. The highest BCUT2D eigenvalue weighted by Gasteiger charge is 2.11. The van der Waals surface area contributed by atoms with Crippen molar-refractivity contribution >= 4 is 17.4 Å². The molecule has 0 amide bonds. The lowest BCUT2D eigenvalue weighted by molar-refractivity contribution is 0.181. The molecule has 0 aliphatic carbocycles. The quantitative estimate of drug-likeness (QED) is 0.894. The summed E-state index contributed by atoms with van der Waals surface area (Å²) >= 11 is 6.14. The maximum Gasteiger partial charge on any atom is 0.169 e. The van der Waals surface area contributed by atoms with E-state index in [4.69, 9.17) is 21.1 Å². The van der Waals surface area contributed by atoms with Crippen LogP contribution >= 0.6 is 11.6 Å². The normalized spacial score (nSPS) is 14.7. The number of rotatable bonds is 2. The minimum Gasteiger partial charge on any atom is -0.490 e. The van der Waals surface area contributed by atoms with Crippen LogP contribution in [0.15, 0.2) is 30.3 Å². The lowest BCUT2D eigenvalue weighted by atomic mass is 10.0. The molecule has 0 saturated carbocycles. The zero-order chi connectivity index (χ0) is 16.1. The van der Waals surface area contributed by atoms with Crippen LogP contribution in [0.1, 0.15) is 29.7 Å². The molecule has 0 unspecified atom stereocenters. The summed E-state index contributed by atoms with van der Waals surface area (Å²) < 4.78 is 11.0. The Labute approximate surface area is 141 Å². The fraction of sp³-hybridized carbons (Fsp3) is 0.389. The molecule has 0 atom stereocenters. The van der Waals surface area contributed by atoms with Crippen LogP contribution < -0.4 is 10.1 Å². The molecule has 0 fully saturated rings. The second kappa shape index (κ2) is 7.66. The van der Waals surface area contributed by atoms with Gasteiger partial charge in [0, 0.05) is 18.7 Å². The van der Waals surface area contributed by atoms with Crippen LogP contribution in [-0.2, 0) is 24.3 Å². The highest BCUT2D eigenvalue weighted by Crippen LogP contribution is 2.26. The van der Waals surface area contributed by atoms with Gasteiger partial charge >= 0.3 is 0 Å². The molecule has 0 radical (unpaired) electrons. The number of hydrogen-bond donors (Lipinski definition) is 1. The van der Waals surface area contributed by atoms with Crippen molar-refractivity contribution in [2.24, 2.45) is 0 Å². The second-order valence-electron chi connectivity index (χ2n) is 5.65. The number of anilines is 1. The summed E-state index contributed by atoms with van der Waals surface area (Å²) in [4.78, 5) is 4.61. The van der Waals surface area contributed by atoms with E-state index in [9.17, 15) is 0 Å². The van der Waals surface area contributed by atoms with Gasteiger partial charge in [-0.1, -0.05) is 17.7 Å². The summed E-state index contributed by atoms with van der Waals surface area (Å²) in [6.07, 6.45) is 3.10. The van der Waals surface area contributed by atoms with Gasteiger partial charge in [0.05, 0.1) is 18.9 Å². The second-order valence-corrected chi connectivity index (χ2v) is 6.09. The minimum absolute atomic E-state index is 0.487. The first-order valence-electron chi connectivity index (χ1n) is 7.89. The Morgan fingerprint density at radius 1 is 1.22 bits per heavy atom. The maximum absolute atomic E-state index is 6.14. The summed E-state index contributed by atoms with van der Waals surface area (Å²) in [5.41, 5.74) is 3.43. The van der Waals surface area contributed by atoms with E-state index in [-0.39, 0.29) is 0 Å². The molecule has 0 bridgehead atoms. The molecule has 1 N–H and O–H groups in total. The van der Waals surface area contributed by atoms with Gasteiger partial charge in [-0.2, -0.15) is 0 Å². The number of methoxy groups -OCH3 is 1. The highest BCUT2D eigenvalue weighted by molar-refractivity contribution is 6.30. The first kappa shape index (κ1) is 16.1. The maximum atomic E-state index is 6.14. The molecule has 0 saturated heterocycles. The van der Waals surface area contributed by atoms with Crippen LogP contribution in [-0.4, -0.2) is 18.7 Å². The smallest absolute Gasteiger partial charge is 0.169 e. The average Bonchev–Trinajstić information content (AvgIpc) is 2.58. The van der Waals surface area contributed by atoms with E-state index < -0.39 is 0 Å². The zero-order valence-electron chi connectivity index (χ0n) is 13.3. The van der Waals surface area contributed by atoms with Crippen LogP contribution in [0, 0.1) is 0 Å². The number of benzene rings is 1. The van der Waals surface area contributed by atoms with Crippen LogP contribution in [0.3, 0.4) is 0 Å². The number of ether oxygens (including phenoxy) is 2. The molecule has 5 heteroatoms. The Balaban J connectivity index is 1.89. The number of halogens is 1. The lowest BCUT2D eigenvalue weighted by Gasteiger charge is -2.14. The Hall–Kier alpha value is -1.78. The molecule has 23 heavy (non-hydrogen) atoms. The summed E-state index contributed by atoms with van der Waals surface area (Å²) in [6, 6.07) is 9.99. The van der Waals surface area contributed by atoms with Crippen LogP contribution in [0.2, 0.25) is 5.02 Å². The van der Waals surface area contributed by atoms with Crippen LogP contribution in [0.4, 0.5) is 5.82 Å². The Bertz CT molecular complexity index is 676. The first-order chi connectivity index (χ1) is 11.3. The minimum atomic E-state index is 0.487. The third-order valence-corrected chi connectivity index (χ3v) is 4.16. The summed E-state index contributed by atoms with van der Waals surface area (Å²) in [6.45, 7) is 1.88. The Morgan fingerprint density at radius 3 is 3.00 bits per heavy atom. The molecular formula is C18H21ClN2O2. The van der Waals surface area contributed by atoms with Gasteiger partial charge in [0.1, 0.15) is 0 Å². The Kier molecular flexibility index (Phi) is 5.36. The summed E-state index contributed by atoms with van der Waals surface area (Å²) in [5, 5.41) is 4.19. The predicted molar refractivity (Wildman–Crippen MR) is 92.2 cm³/mol. The number of hydrogen-bond acceptors (Lipinski definition) is 4. The molecule has 2 heterocycles. The standard InChI is InChI=1S/C18H21ClN2O2/c1-22-12-16-7-8-17-18(21-16)20-11-14-5-6-15(19)10-13(14)4-2-3-9-23-17/h5-8,10H,2-4,9,11-12H2,1H3,(H,20,21). The SMILES string of the molecule is COCc1ccc2c(n1)NCc1ccc(Cl)cc1CCCCO2. The molecule has 4 nitrogen and oxygen atoms in total. The fourth-order valence-corrected chi connectivity index (χ4v) is 2.93. The van der Waals surface area contributed by atoms with E-state index in [0.29, 0.717) is 19.8 Å². The number of nitrogens with one attached hydrogen (secondary N) is 1. The zero-order valence-corrected chi connectivity index (χ0v) is 14.0. The number of nitrogens with zero attached hydrogens (tertiary/aromatic N) is 1. The van der Waals surface area contributed by atoms with E-state index in [1.54, 1.807) is 7.11 Å². The van der Waals surface area contributed by atoms with E-state index in [1.165, 1.54) is 11.1 Å². The molecule has 2 aromatic rings. The Morgan fingerprint density at radius 2 is 2.13 bits per heavy atom. The lowest BCUT2D eigenvalue weighted by Crippen LogP contribution is -2.07. The van der Waals surface area contributed by atoms with E-state index in [0.717, 1.165) is 41.5 Å². The molecule has 1 aliphatic rings. The van der Waals surface area contributed by atoms with Crippen LogP contribution in [0.5, 0.6) is 5.75 Å². The molecule has 1 aromatic carbocycles. The van der Waals surface area contributed by atoms with Crippen molar-refractivity contribution in [1.29, 1.82) is 0 Å². The molecule has 3 rings (SSSR count). The number of fused-ring (bicyclic) bond motifs is 2. The fourth-order valence-electron chi connectivity index (χ4n) is 2.74. The van der Waals surface area contributed by atoms with Crippen molar-refractivity contribution in [3.63, 3.8) is 0 Å². The number of aryl methyl sites for hydroxylation is 1. The van der Waals surface area contributed by atoms with Crippen molar-refractivity contribution in [3.8, 4) is 5.75 Å². The molecule has 1 aliphatic heterocycles. The molecule has 0 spiro atoms. The van der Waals surface area contributed by atoms with Gasteiger partial charge in [0.15, 0.2) is 11.6 Å². The number of pyridine rings is 1. The van der Waals surface area contributed by atoms with Crippen molar-refractivity contribution in [3.05, 3.63) is 52.2 Å². The van der Waals surface area contributed by atoms with Crippen molar-refractivity contribution < 1.29 is 9.47 Å². The predicted octanol–water partition coefficient (Wildman–Crippen LogP) is 4.21. The molecular weight excluding hydrogens is 312 g/mol. The molecule has 122 valence electrons. The highest BCUT2D eigenvalue weighted by atomic mass is 35.5. The van der Waals surface area contributed by atoms with Gasteiger partial charge in [-0.15, -0.1) is 0 Å². The third-order valence-electron chi connectivity index (χ3n) is 3.92. The largest absolute Gasteiger partial charge is 0.490 e. The van der Waals surface area contributed by atoms with Gasteiger partial charge in [-0.3, -0.25) is 0 Å². The summed E-state index contributed by atoms with van der Waals surface area (Å²) in [7, 11) is 1.67. The van der Waals surface area contributed by atoms with E-state index in [1.807, 2.05) is 18.2 Å². The van der Waals surface area contributed by atoms with Gasteiger partial charge in [-0.05, 0) is 54.7 Å². The van der Waals surface area contributed by atoms with Gasteiger partial charge in [0.2, 0.25) is 0 Å². The monoisotopic (exact) mass is 332 g/mol. The van der Waals surface area contributed by atoms with E-state index in [2.05, 4.69) is 22.4 Å². The first-order valence-corrected chi connectivity index (χ1v) is 8.27. The van der Waals surface area contributed by atoms with Crippen molar-refractivity contribution in [2.45, 2.75) is 32.4 Å². The topological polar surface area (TPSA) is 43.4 Å².